The third kappa shape index (κ3) is 2.39. The Morgan fingerprint density at radius 3 is 2.90 bits per heavy atom. The van der Waals surface area contributed by atoms with E-state index in [9.17, 15) is 4.79 Å². The molecule has 20 heavy (non-hydrogen) atoms. The van der Waals surface area contributed by atoms with E-state index in [4.69, 9.17) is 17.3 Å². The van der Waals surface area contributed by atoms with Gasteiger partial charge in [0.15, 0.2) is 0 Å². The van der Waals surface area contributed by atoms with E-state index in [0.29, 0.717) is 29.2 Å². The smallest absolute Gasteiger partial charge is 0.225 e. The summed E-state index contributed by atoms with van der Waals surface area (Å²) in [6, 6.07) is 3.52. The van der Waals surface area contributed by atoms with E-state index in [0.717, 1.165) is 36.5 Å². The first-order valence-electron chi connectivity index (χ1n) is 6.54. The highest BCUT2D eigenvalue weighted by molar-refractivity contribution is 7.00. The van der Waals surface area contributed by atoms with Crippen LogP contribution in [0, 0.1) is 5.41 Å². The first-order chi connectivity index (χ1) is 9.63. The summed E-state index contributed by atoms with van der Waals surface area (Å²) in [6.07, 6.45) is 3.63. The second-order valence-electron chi connectivity index (χ2n) is 5.34. The van der Waals surface area contributed by atoms with Gasteiger partial charge in [-0.15, -0.1) is 0 Å². The molecule has 1 amide bonds. The van der Waals surface area contributed by atoms with Crippen molar-refractivity contribution >= 4 is 46.0 Å². The van der Waals surface area contributed by atoms with Gasteiger partial charge in [0.05, 0.1) is 22.4 Å². The minimum atomic E-state index is -0.0578. The Bertz CT molecular complexity index is 647. The van der Waals surface area contributed by atoms with E-state index in [1.54, 1.807) is 12.1 Å². The molecule has 0 radical (unpaired) electrons. The maximum atomic E-state index is 12.2. The first kappa shape index (κ1) is 13.7. The zero-order valence-corrected chi connectivity index (χ0v) is 12.4. The van der Waals surface area contributed by atoms with Crippen LogP contribution in [0.1, 0.15) is 25.7 Å². The van der Waals surface area contributed by atoms with E-state index in [1.807, 2.05) is 0 Å². The number of nitrogens with zero attached hydrogens (tertiary/aromatic N) is 2. The summed E-state index contributed by atoms with van der Waals surface area (Å²) in [5.74, 6) is -0.0578. The Balaban J connectivity index is 1.80. The second-order valence-corrected chi connectivity index (χ2v) is 6.27. The third-order valence-corrected chi connectivity index (χ3v) is 4.88. The molecule has 106 valence electrons. The molecule has 1 heterocycles. The van der Waals surface area contributed by atoms with Gasteiger partial charge in [0.1, 0.15) is 11.0 Å². The summed E-state index contributed by atoms with van der Waals surface area (Å²) < 4.78 is 8.34. The lowest BCUT2D eigenvalue weighted by Gasteiger charge is -2.40. The Morgan fingerprint density at radius 1 is 1.45 bits per heavy atom. The highest BCUT2D eigenvalue weighted by Crippen LogP contribution is 2.43. The average molecular weight is 311 g/mol. The molecule has 0 saturated heterocycles. The van der Waals surface area contributed by atoms with Gasteiger partial charge in [0.2, 0.25) is 5.91 Å². The Hall–Kier alpha value is -1.24. The van der Waals surface area contributed by atoms with E-state index < -0.39 is 0 Å². The number of carbonyl (C=O) groups excluding carboxylic acids is 1. The van der Waals surface area contributed by atoms with Gasteiger partial charge >= 0.3 is 0 Å². The molecule has 0 atom stereocenters. The number of hydrogen-bond donors (Lipinski definition) is 2. The van der Waals surface area contributed by atoms with Gasteiger partial charge in [-0.05, 0) is 36.9 Å². The van der Waals surface area contributed by atoms with Crippen molar-refractivity contribution in [3.63, 3.8) is 0 Å². The fraction of sp³-hybridized carbons (Fsp3) is 0.462. The average Bonchev–Trinajstić information content (AvgIpc) is 2.86. The molecule has 3 rings (SSSR count). The number of nitrogens with two attached hydrogens (primary N) is 1. The van der Waals surface area contributed by atoms with Crippen molar-refractivity contribution in [3.05, 3.63) is 17.2 Å². The van der Waals surface area contributed by atoms with Crippen molar-refractivity contribution in [2.45, 2.75) is 25.7 Å². The summed E-state index contributed by atoms with van der Waals surface area (Å²) >= 11 is 7.26. The summed E-state index contributed by atoms with van der Waals surface area (Å²) in [5.41, 5.74) is 7.70. The van der Waals surface area contributed by atoms with Crippen LogP contribution < -0.4 is 11.1 Å². The predicted molar refractivity (Wildman–Crippen MR) is 81.0 cm³/mol. The van der Waals surface area contributed by atoms with Crippen LogP contribution in [0.3, 0.4) is 0 Å². The molecular formula is C13H15ClN4OS. The number of anilines is 1. The Kier molecular flexibility index (Phi) is 3.62. The standard InChI is InChI=1S/C13H15ClN4OS/c14-8-2-3-9-12(18-20-17-9)11(8)16-10(19)6-13(7-15)4-1-5-13/h2-3H,1,4-7,15H2,(H,16,19). The summed E-state index contributed by atoms with van der Waals surface area (Å²) in [4.78, 5) is 12.2. The molecule has 3 N–H and O–H groups in total. The number of carbonyl (C=O) groups is 1. The third-order valence-electron chi connectivity index (χ3n) is 4.02. The zero-order valence-electron chi connectivity index (χ0n) is 10.9. The minimum absolute atomic E-state index is 0.0230. The van der Waals surface area contributed by atoms with E-state index >= 15 is 0 Å². The van der Waals surface area contributed by atoms with Gasteiger partial charge in [0.25, 0.3) is 0 Å². The van der Waals surface area contributed by atoms with Gasteiger partial charge in [-0.2, -0.15) is 8.75 Å². The van der Waals surface area contributed by atoms with Crippen molar-refractivity contribution < 1.29 is 4.79 Å². The number of fused-ring (bicyclic) bond motifs is 1. The van der Waals surface area contributed by atoms with Gasteiger partial charge in [-0.1, -0.05) is 18.0 Å². The molecule has 2 aromatic rings. The lowest BCUT2D eigenvalue weighted by molar-refractivity contribution is -0.119. The lowest BCUT2D eigenvalue weighted by atomic mass is 9.66. The quantitative estimate of drug-likeness (QED) is 0.910. The molecule has 1 aliphatic rings. The summed E-state index contributed by atoms with van der Waals surface area (Å²) in [6.45, 7) is 0.552. The largest absolute Gasteiger partial charge is 0.330 e. The maximum Gasteiger partial charge on any atom is 0.225 e. The van der Waals surface area contributed by atoms with Gasteiger partial charge in [-0.3, -0.25) is 4.79 Å². The Morgan fingerprint density at radius 2 is 2.25 bits per heavy atom. The molecule has 1 aromatic heterocycles. The van der Waals surface area contributed by atoms with E-state index in [1.165, 1.54) is 0 Å². The molecule has 5 nitrogen and oxygen atoms in total. The fourth-order valence-corrected chi connectivity index (χ4v) is 3.34. The molecule has 0 spiro atoms. The molecule has 1 aromatic carbocycles. The minimum Gasteiger partial charge on any atom is -0.330 e. The normalized spacial score (nSPS) is 16.9. The molecule has 1 saturated carbocycles. The molecule has 0 aliphatic heterocycles. The number of benzene rings is 1. The topological polar surface area (TPSA) is 80.9 Å². The lowest BCUT2D eigenvalue weighted by Crippen LogP contribution is -2.40. The molecule has 7 heteroatoms. The van der Waals surface area contributed by atoms with Crippen LogP contribution >= 0.6 is 23.3 Å². The highest BCUT2D eigenvalue weighted by Gasteiger charge is 2.37. The van der Waals surface area contributed by atoms with Crippen molar-refractivity contribution in [2.24, 2.45) is 11.1 Å². The van der Waals surface area contributed by atoms with Crippen molar-refractivity contribution in [1.82, 2.24) is 8.75 Å². The number of halogens is 1. The summed E-state index contributed by atoms with van der Waals surface area (Å²) in [5, 5.41) is 3.36. The second kappa shape index (κ2) is 5.27. The fourth-order valence-electron chi connectivity index (χ4n) is 2.60. The van der Waals surface area contributed by atoms with Crippen molar-refractivity contribution in [1.29, 1.82) is 0 Å². The van der Waals surface area contributed by atoms with Crippen molar-refractivity contribution in [2.75, 3.05) is 11.9 Å². The van der Waals surface area contributed by atoms with Gasteiger partial charge < -0.3 is 11.1 Å². The van der Waals surface area contributed by atoms with Crippen LogP contribution in [0.15, 0.2) is 12.1 Å². The number of nitrogens with one attached hydrogen (secondary N) is 1. The van der Waals surface area contributed by atoms with Crippen molar-refractivity contribution in [3.8, 4) is 0 Å². The number of hydrogen-bond acceptors (Lipinski definition) is 5. The monoisotopic (exact) mass is 310 g/mol. The zero-order chi connectivity index (χ0) is 14.2. The number of aromatic nitrogens is 2. The predicted octanol–water partition coefficient (Wildman–Crippen LogP) is 2.80. The molecule has 1 aliphatic carbocycles. The first-order valence-corrected chi connectivity index (χ1v) is 7.65. The van der Waals surface area contributed by atoms with Gasteiger partial charge in [-0.25, -0.2) is 0 Å². The summed E-state index contributed by atoms with van der Waals surface area (Å²) in [7, 11) is 0. The molecule has 0 bridgehead atoms. The van der Waals surface area contributed by atoms with Crippen LogP contribution in [0.25, 0.3) is 11.0 Å². The van der Waals surface area contributed by atoms with Crippen LogP contribution in [0.2, 0.25) is 5.02 Å². The molecule has 0 unspecified atom stereocenters. The number of amides is 1. The van der Waals surface area contributed by atoms with Crippen LogP contribution in [-0.4, -0.2) is 21.2 Å². The molecule has 1 fully saturated rings. The van der Waals surface area contributed by atoms with E-state index in [-0.39, 0.29) is 11.3 Å². The Labute approximate surface area is 125 Å². The van der Waals surface area contributed by atoms with Crippen LogP contribution in [0.5, 0.6) is 0 Å². The van der Waals surface area contributed by atoms with Crippen LogP contribution in [-0.2, 0) is 4.79 Å². The number of rotatable bonds is 4. The van der Waals surface area contributed by atoms with Crippen LogP contribution in [0.4, 0.5) is 5.69 Å². The molecular weight excluding hydrogens is 296 g/mol. The maximum absolute atomic E-state index is 12.2. The van der Waals surface area contributed by atoms with E-state index in [2.05, 4.69) is 14.1 Å². The SMILES string of the molecule is NCC1(CC(=O)Nc2c(Cl)ccc3nsnc23)CCC1. The highest BCUT2D eigenvalue weighted by atomic mass is 35.5. The van der Waals surface area contributed by atoms with Gasteiger partial charge in [0, 0.05) is 6.42 Å².